The fraction of sp³-hybridized carbons (Fsp3) is 0.250. The van der Waals surface area contributed by atoms with Crippen LogP contribution < -0.4 is 10.1 Å². The molecule has 0 saturated heterocycles. The third-order valence-electron chi connectivity index (χ3n) is 3.70. The number of hydrogen-bond acceptors (Lipinski definition) is 5. The fourth-order valence-corrected chi connectivity index (χ4v) is 2.26. The lowest BCUT2D eigenvalue weighted by atomic mass is 10.1. The summed E-state index contributed by atoms with van der Waals surface area (Å²) in [6.07, 6.45) is 0.159. The van der Waals surface area contributed by atoms with Gasteiger partial charge in [0.1, 0.15) is 11.6 Å². The first-order valence-electron chi connectivity index (χ1n) is 8.38. The molecule has 0 aliphatic rings. The molecule has 0 aromatic heterocycles. The molecule has 0 aliphatic carbocycles. The third kappa shape index (κ3) is 6.54. The molecular weight excluding hydrogens is 353 g/mol. The molecule has 1 atom stereocenters. The lowest BCUT2D eigenvalue weighted by Gasteiger charge is -2.14. The number of nitrogens with one attached hydrogen (secondary N) is 1. The van der Waals surface area contributed by atoms with E-state index < -0.39 is 24.6 Å². The van der Waals surface area contributed by atoms with Crippen molar-refractivity contribution in [2.45, 2.75) is 19.4 Å². The molecule has 0 bridgehead atoms. The lowest BCUT2D eigenvalue weighted by molar-refractivity contribution is -0.156. The molecule has 1 amide bonds. The number of aldehydes is 1. The van der Waals surface area contributed by atoms with Gasteiger partial charge >= 0.3 is 5.97 Å². The van der Waals surface area contributed by atoms with Crippen molar-refractivity contribution in [1.29, 1.82) is 0 Å². The van der Waals surface area contributed by atoms with Crippen molar-refractivity contribution in [3.05, 3.63) is 65.5 Å². The highest BCUT2D eigenvalue weighted by Gasteiger charge is 2.18. The minimum atomic E-state index is -0.990. The third-order valence-corrected chi connectivity index (χ3v) is 3.70. The van der Waals surface area contributed by atoms with Crippen LogP contribution in [0.15, 0.2) is 48.5 Å². The summed E-state index contributed by atoms with van der Waals surface area (Å²) in [6.45, 7) is 1.36. The van der Waals surface area contributed by atoms with Gasteiger partial charge in [-0.15, -0.1) is 0 Å². The number of benzene rings is 2. The van der Waals surface area contributed by atoms with Gasteiger partial charge in [-0.2, -0.15) is 0 Å². The number of hydrogen-bond donors (Lipinski definition) is 1. The van der Waals surface area contributed by atoms with Crippen LogP contribution in [0.4, 0.5) is 4.39 Å². The SMILES string of the molecule is C[C@H](OC(=O)COc1ccccc1C=O)C(=O)NCCc1ccc(F)cc1. The number of esters is 1. The maximum Gasteiger partial charge on any atom is 0.344 e. The molecule has 0 heterocycles. The van der Waals surface area contributed by atoms with Crippen molar-refractivity contribution >= 4 is 18.2 Å². The van der Waals surface area contributed by atoms with Gasteiger partial charge in [-0.25, -0.2) is 9.18 Å². The molecule has 0 saturated carbocycles. The van der Waals surface area contributed by atoms with Gasteiger partial charge in [0.05, 0.1) is 5.56 Å². The van der Waals surface area contributed by atoms with Gasteiger partial charge < -0.3 is 14.8 Å². The highest BCUT2D eigenvalue weighted by molar-refractivity contribution is 5.84. The second-order valence-corrected chi connectivity index (χ2v) is 5.74. The first kappa shape index (κ1) is 20.1. The van der Waals surface area contributed by atoms with Crippen LogP contribution >= 0.6 is 0 Å². The minimum Gasteiger partial charge on any atom is -0.481 e. The van der Waals surface area contributed by atoms with Crippen molar-refractivity contribution < 1.29 is 28.2 Å². The van der Waals surface area contributed by atoms with E-state index in [-0.39, 0.29) is 11.6 Å². The second kappa shape index (κ2) is 10.1. The van der Waals surface area contributed by atoms with Crippen LogP contribution in [-0.2, 0) is 20.7 Å². The second-order valence-electron chi connectivity index (χ2n) is 5.74. The first-order chi connectivity index (χ1) is 13.0. The Bertz CT molecular complexity index is 791. The molecule has 27 heavy (non-hydrogen) atoms. The zero-order valence-corrected chi connectivity index (χ0v) is 14.8. The van der Waals surface area contributed by atoms with Crippen LogP contribution in [0.5, 0.6) is 5.75 Å². The van der Waals surface area contributed by atoms with E-state index >= 15 is 0 Å². The monoisotopic (exact) mass is 373 g/mol. The van der Waals surface area contributed by atoms with Crippen molar-refractivity contribution in [2.75, 3.05) is 13.2 Å². The quantitative estimate of drug-likeness (QED) is 0.539. The molecule has 7 heteroatoms. The number of amides is 1. The number of rotatable bonds is 9. The molecule has 2 aromatic carbocycles. The molecule has 0 fully saturated rings. The number of carbonyl (C=O) groups is 3. The zero-order chi connectivity index (χ0) is 19.6. The normalized spacial score (nSPS) is 11.3. The zero-order valence-electron chi connectivity index (χ0n) is 14.8. The van der Waals surface area contributed by atoms with Crippen LogP contribution in [0.2, 0.25) is 0 Å². The standard InChI is InChI=1S/C20H20FNO5/c1-14(20(25)22-11-10-15-6-8-17(21)9-7-15)27-19(24)13-26-18-5-3-2-4-16(18)12-23/h2-9,12,14H,10-11,13H2,1H3,(H,22,25)/t14-/m0/s1. The highest BCUT2D eigenvalue weighted by Crippen LogP contribution is 2.15. The molecule has 1 N–H and O–H groups in total. The Labute approximate surface area is 156 Å². The molecule has 0 radical (unpaired) electrons. The summed E-state index contributed by atoms with van der Waals surface area (Å²) >= 11 is 0. The molecule has 0 unspecified atom stereocenters. The maximum absolute atomic E-state index is 12.8. The van der Waals surface area contributed by atoms with Gasteiger partial charge in [-0.3, -0.25) is 9.59 Å². The predicted molar refractivity (Wildman–Crippen MR) is 96.0 cm³/mol. The van der Waals surface area contributed by atoms with Gasteiger partial charge in [0.25, 0.3) is 5.91 Å². The maximum atomic E-state index is 12.8. The molecule has 2 aromatic rings. The molecule has 0 aliphatic heterocycles. The number of halogens is 1. The topological polar surface area (TPSA) is 81.7 Å². The van der Waals surface area contributed by atoms with E-state index in [2.05, 4.69) is 5.32 Å². The van der Waals surface area contributed by atoms with E-state index in [9.17, 15) is 18.8 Å². The average Bonchev–Trinajstić information content (AvgIpc) is 2.68. The summed E-state index contributed by atoms with van der Waals surface area (Å²) < 4.78 is 23.1. The Morgan fingerprint density at radius 2 is 1.85 bits per heavy atom. The van der Waals surface area contributed by atoms with Crippen LogP contribution in [0.3, 0.4) is 0 Å². The number of ether oxygens (including phenoxy) is 2. The molecular formula is C20H20FNO5. The minimum absolute atomic E-state index is 0.265. The van der Waals surface area contributed by atoms with Crippen LogP contribution in [0.1, 0.15) is 22.8 Å². The Balaban J connectivity index is 1.72. The summed E-state index contributed by atoms with van der Waals surface area (Å²) in [5.74, 6) is -1.22. The largest absolute Gasteiger partial charge is 0.481 e. The lowest BCUT2D eigenvalue weighted by Crippen LogP contribution is -2.37. The van der Waals surface area contributed by atoms with E-state index in [1.54, 1.807) is 36.4 Å². The summed E-state index contributed by atoms with van der Waals surface area (Å²) in [5.41, 5.74) is 1.19. The molecule has 2 rings (SSSR count). The van der Waals surface area contributed by atoms with Crippen LogP contribution in [-0.4, -0.2) is 37.4 Å². The van der Waals surface area contributed by atoms with E-state index in [0.29, 0.717) is 24.8 Å². The van der Waals surface area contributed by atoms with Crippen molar-refractivity contribution in [2.24, 2.45) is 0 Å². The van der Waals surface area contributed by atoms with Gasteiger partial charge in [-0.1, -0.05) is 24.3 Å². The van der Waals surface area contributed by atoms with E-state index in [0.717, 1.165) is 5.56 Å². The summed E-state index contributed by atoms with van der Waals surface area (Å²) in [7, 11) is 0. The van der Waals surface area contributed by atoms with E-state index in [1.807, 2.05) is 0 Å². The Morgan fingerprint density at radius 1 is 1.15 bits per heavy atom. The highest BCUT2D eigenvalue weighted by atomic mass is 19.1. The number of carbonyl (C=O) groups excluding carboxylic acids is 3. The summed E-state index contributed by atoms with van der Waals surface area (Å²) in [4.78, 5) is 34.7. The summed E-state index contributed by atoms with van der Waals surface area (Å²) in [5, 5.41) is 2.65. The van der Waals surface area contributed by atoms with Crippen LogP contribution in [0.25, 0.3) is 0 Å². The van der Waals surface area contributed by atoms with Gasteiger partial charge in [0, 0.05) is 6.54 Å². The Morgan fingerprint density at radius 3 is 2.56 bits per heavy atom. The van der Waals surface area contributed by atoms with Crippen molar-refractivity contribution in [1.82, 2.24) is 5.32 Å². The van der Waals surface area contributed by atoms with Gasteiger partial charge in [0.15, 0.2) is 19.0 Å². The Kier molecular flexibility index (Phi) is 7.49. The van der Waals surface area contributed by atoms with Crippen molar-refractivity contribution in [3.8, 4) is 5.75 Å². The van der Waals surface area contributed by atoms with Gasteiger partial charge in [0.2, 0.25) is 0 Å². The smallest absolute Gasteiger partial charge is 0.344 e. The van der Waals surface area contributed by atoms with E-state index in [1.165, 1.54) is 19.1 Å². The Hall–Kier alpha value is -3.22. The molecule has 0 spiro atoms. The van der Waals surface area contributed by atoms with Crippen LogP contribution in [0, 0.1) is 5.82 Å². The molecule has 6 nitrogen and oxygen atoms in total. The number of para-hydroxylation sites is 1. The van der Waals surface area contributed by atoms with E-state index in [4.69, 9.17) is 9.47 Å². The molecule has 142 valence electrons. The predicted octanol–water partition coefficient (Wildman–Crippen LogP) is 2.31. The van der Waals surface area contributed by atoms with Crippen molar-refractivity contribution in [3.63, 3.8) is 0 Å². The first-order valence-corrected chi connectivity index (χ1v) is 8.38. The summed E-state index contributed by atoms with van der Waals surface area (Å²) in [6, 6.07) is 12.4. The van der Waals surface area contributed by atoms with Gasteiger partial charge in [-0.05, 0) is 43.2 Å². The fourth-order valence-electron chi connectivity index (χ4n) is 2.26. The average molecular weight is 373 g/mol.